The molecule has 1 aliphatic rings. The predicted octanol–water partition coefficient (Wildman–Crippen LogP) is 7.14. The molecule has 0 atom stereocenters. The molecule has 24 heavy (non-hydrogen) atoms. The summed E-state index contributed by atoms with van der Waals surface area (Å²) in [7, 11) is 0. The van der Waals surface area contributed by atoms with E-state index in [0.717, 1.165) is 43.1 Å². The third-order valence-electron chi connectivity index (χ3n) is 5.36. The van der Waals surface area contributed by atoms with E-state index in [2.05, 4.69) is 0 Å². The Bertz CT molecular complexity index is 502. The Kier molecular flexibility index (Phi) is 8.41. The largest absolute Gasteiger partial charge is 0.216 e. The second-order valence-electron chi connectivity index (χ2n) is 7.17. The third-order valence-corrected chi connectivity index (χ3v) is 5.36. The molecule has 0 spiro atoms. The van der Waals surface area contributed by atoms with Crippen molar-refractivity contribution in [3.63, 3.8) is 0 Å². The van der Waals surface area contributed by atoms with Gasteiger partial charge in [-0.05, 0) is 55.2 Å². The molecule has 1 aromatic carbocycles. The van der Waals surface area contributed by atoms with Crippen LogP contribution in [-0.2, 0) is 6.42 Å². The van der Waals surface area contributed by atoms with Crippen molar-refractivity contribution in [3.05, 3.63) is 47.8 Å². The van der Waals surface area contributed by atoms with Gasteiger partial charge < -0.3 is 0 Å². The molecule has 1 aromatic rings. The van der Waals surface area contributed by atoms with Crippen LogP contribution in [0.15, 0.2) is 30.6 Å². The Hall–Kier alpha value is -1.25. The monoisotopic (exact) mass is 338 g/mol. The van der Waals surface area contributed by atoms with Crippen molar-refractivity contribution in [1.82, 2.24) is 0 Å². The Morgan fingerprint density at radius 2 is 1.58 bits per heavy atom. The molecular weight excluding hydrogens is 309 g/mol. The van der Waals surface area contributed by atoms with E-state index in [-0.39, 0.29) is 0 Å². The van der Waals surface area contributed by atoms with Crippen LogP contribution in [0.2, 0.25) is 0 Å². The SMILES string of the molecule is FC=CCCCCCC1CCC(CCc2ccc(F)c(F)c2)CC1. The van der Waals surface area contributed by atoms with E-state index in [1.807, 2.05) is 0 Å². The zero-order valence-corrected chi connectivity index (χ0v) is 14.5. The van der Waals surface area contributed by atoms with Gasteiger partial charge in [0.05, 0.1) is 6.33 Å². The van der Waals surface area contributed by atoms with Gasteiger partial charge in [0.15, 0.2) is 11.6 Å². The highest BCUT2D eigenvalue weighted by molar-refractivity contribution is 5.17. The topological polar surface area (TPSA) is 0 Å². The Labute approximate surface area is 144 Å². The highest BCUT2D eigenvalue weighted by Gasteiger charge is 2.20. The van der Waals surface area contributed by atoms with Gasteiger partial charge in [-0.3, -0.25) is 0 Å². The average Bonchev–Trinajstić information content (AvgIpc) is 2.60. The summed E-state index contributed by atoms with van der Waals surface area (Å²) in [5.41, 5.74) is 0.901. The molecule has 1 fully saturated rings. The van der Waals surface area contributed by atoms with E-state index in [1.165, 1.54) is 57.1 Å². The molecule has 0 bridgehead atoms. The Morgan fingerprint density at radius 3 is 2.25 bits per heavy atom. The first kappa shape index (κ1) is 19.1. The van der Waals surface area contributed by atoms with Crippen molar-refractivity contribution >= 4 is 0 Å². The molecule has 2 rings (SSSR count). The fourth-order valence-electron chi connectivity index (χ4n) is 3.81. The number of aryl methyl sites for hydroxylation is 1. The van der Waals surface area contributed by atoms with Crippen LogP contribution in [-0.4, -0.2) is 0 Å². The number of allylic oxidation sites excluding steroid dienone is 1. The molecule has 1 aliphatic carbocycles. The van der Waals surface area contributed by atoms with E-state index in [4.69, 9.17) is 0 Å². The molecule has 0 radical (unpaired) electrons. The van der Waals surface area contributed by atoms with E-state index >= 15 is 0 Å². The lowest BCUT2D eigenvalue weighted by atomic mass is 9.78. The third kappa shape index (κ3) is 6.70. The molecule has 0 saturated heterocycles. The number of rotatable bonds is 9. The van der Waals surface area contributed by atoms with Crippen LogP contribution in [0.5, 0.6) is 0 Å². The Morgan fingerprint density at radius 1 is 0.875 bits per heavy atom. The predicted molar refractivity (Wildman–Crippen MR) is 93.5 cm³/mol. The van der Waals surface area contributed by atoms with Gasteiger partial charge in [-0.2, -0.15) is 0 Å². The van der Waals surface area contributed by atoms with E-state index in [0.29, 0.717) is 6.33 Å². The minimum Gasteiger partial charge on any atom is -0.216 e. The van der Waals surface area contributed by atoms with Crippen molar-refractivity contribution in [2.24, 2.45) is 11.8 Å². The van der Waals surface area contributed by atoms with Gasteiger partial charge in [0.25, 0.3) is 0 Å². The summed E-state index contributed by atoms with van der Waals surface area (Å²) in [6, 6.07) is 4.26. The summed E-state index contributed by atoms with van der Waals surface area (Å²) >= 11 is 0. The zero-order chi connectivity index (χ0) is 17.2. The van der Waals surface area contributed by atoms with Crippen LogP contribution in [0.4, 0.5) is 13.2 Å². The molecular formula is C21H29F3. The lowest BCUT2D eigenvalue weighted by Gasteiger charge is -2.28. The van der Waals surface area contributed by atoms with Gasteiger partial charge in [0, 0.05) is 0 Å². The van der Waals surface area contributed by atoms with Crippen LogP contribution < -0.4 is 0 Å². The molecule has 0 nitrogen and oxygen atoms in total. The van der Waals surface area contributed by atoms with Gasteiger partial charge in [0.1, 0.15) is 0 Å². The number of hydrogen-bond acceptors (Lipinski definition) is 0. The van der Waals surface area contributed by atoms with E-state index in [9.17, 15) is 13.2 Å². The first-order valence-corrected chi connectivity index (χ1v) is 9.38. The number of halogens is 3. The lowest BCUT2D eigenvalue weighted by molar-refractivity contribution is 0.249. The second-order valence-corrected chi connectivity index (χ2v) is 7.17. The fraction of sp³-hybridized carbons (Fsp3) is 0.619. The summed E-state index contributed by atoms with van der Waals surface area (Å²) in [4.78, 5) is 0. The standard InChI is InChI=1S/C21H29F3/c22-15-5-3-1-2-4-6-17-7-9-18(10-8-17)11-12-19-13-14-20(23)21(24)16-19/h5,13-18H,1-4,6-12H2. The summed E-state index contributed by atoms with van der Waals surface area (Å²) in [5.74, 6) is 0.0727. The maximum atomic E-state index is 13.2. The van der Waals surface area contributed by atoms with Crippen molar-refractivity contribution in [2.45, 2.75) is 70.6 Å². The number of unbranched alkanes of at least 4 members (excludes halogenated alkanes) is 3. The van der Waals surface area contributed by atoms with Gasteiger partial charge >= 0.3 is 0 Å². The normalized spacial score (nSPS) is 21.5. The molecule has 0 unspecified atom stereocenters. The summed E-state index contributed by atoms with van der Waals surface area (Å²) in [5, 5.41) is 0. The van der Waals surface area contributed by atoms with Crippen LogP contribution in [0, 0.1) is 23.5 Å². The van der Waals surface area contributed by atoms with Gasteiger partial charge in [-0.25, -0.2) is 13.2 Å². The van der Waals surface area contributed by atoms with E-state index in [1.54, 1.807) is 12.1 Å². The van der Waals surface area contributed by atoms with Gasteiger partial charge in [-0.15, -0.1) is 0 Å². The first-order chi connectivity index (χ1) is 11.7. The minimum absolute atomic E-state index is 0.640. The number of hydrogen-bond donors (Lipinski definition) is 0. The zero-order valence-electron chi connectivity index (χ0n) is 14.5. The first-order valence-electron chi connectivity index (χ1n) is 9.38. The van der Waals surface area contributed by atoms with E-state index < -0.39 is 11.6 Å². The molecule has 3 heteroatoms. The van der Waals surface area contributed by atoms with Gasteiger partial charge in [0.2, 0.25) is 0 Å². The fourth-order valence-corrected chi connectivity index (χ4v) is 3.81. The maximum absolute atomic E-state index is 13.2. The highest BCUT2D eigenvalue weighted by Crippen LogP contribution is 2.34. The average molecular weight is 338 g/mol. The van der Waals surface area contributed by atoms with Crippen molar-refractivity contribution in [3.8, 4) is 0 Å². The quantitative estimate of drug-likeness (QED) is 0.420. The molecule has 134 valence electrons. The molecule has 0 aromatic heterocycles. The lowest BCUT2D eigenvalue weighted by Crippen LogP contribution is -2.15. The number of benzene rings is 1. The Balaban J connectivity index is 1.58. The summed E-state index contributed by atoms with van der Waals surface area (Å²) < 4.78 is 38.0. The van der Waals surface area contributed by atoms with Crippen LogP contribution >= 0.6 is 0 Å². The van der Waals surface area contributed by atoms with Crippen molar-refractivity contribution in [2.75, 3.05) is 0 Å². The molecule has 1 saturated carbocycles. The smallest absolute Gasteiger partial charge is 0.159 e. The molecule has 0 aliphatic heterocycles. The van der Waals surface area contributed by atoms with Crippen LogP contribution in [0.3, 0.4) is 0 Å². The van der Waals surface area contributed by atoms with Crippen LogP contribution in [0.1, 0.15) is 69.8 Å². The molecule has 0 amide bonds. The highest BCUT2D eigenvalue weighted by atomic mass is 19.2. The summed E-state index contributed by atoms with van der Waals surface area (Å²) in [6.45, 7) is 0. The van der Waals surface area contributed by atoms with Crippen LogP contribution in [0.25, 0.3) is 0 Å². The molecule has 0 N–H and O–H groups in total. The van der Waals surface area contributed by atoms with Gasteiger partial charge in [-0.1, -0.05) is 57.1 Å². The van der Waals surface area contributed by atoms with Crippen molar-refractivity contribution in [1.29, 1.82) is 0 Å². The molecule has 0 heterocycles. The second kappa shape index (κ2) is 10.6. The maximum Gasteiger partial charge on any atom is 0.159 e. The van der Waals surface area contributed by atoms with Crippen molar-refractivity contribution < 1.29 is 13.2 Å². The summed E-state index contributed by atoms with van der Waals surface area (Å²) in [6.07, 6.45) is 15.0. The minimum atomic E-state index is -0.764.